The molecule has 1 saturated heterocycles. The van der Waals surface area contributed by atoms with E-state index in [9.17, 15) is 13.2 Å². The average Bonchev–Trinajstić information content (AvgIpc) is 3.21. The van der Waals surface area contributed by atoms with Gasteiger partial charge in [0.15, 0.2) is 0 Å². The van der Waals surface area contributed by atoms with Crippen LogP contribution in [0.2, 0.25) is 0 Å². The van der Waals surface area contributed by atoms with Crippen LogP contribution in [0.1, 0.15) is 34.9 Å². The van der Waals surface area contributed by atoms with Gasteiger partial charge in [0.2, 0.25) is 15.9 Å². The fourth-order valence-electron chi connectivity index (χ4n) is 4.71. The summed E-state index contributed by atoms with van der Waals surface area (Å²) in [4.78, 5) is 20.2. The van der Waals surface area contributed by atoms with E-state index in [2.05, 4.69) is 6.07 Å². The standard InChI is InChI=1S/C23H25N3O3S2/c1-31(28,29)26-15-17-8-3-2-7-16(17)13-20(26)23(27)25-12-6-9-18(14-25)22-24-19-10-4-5-11-21(19)30-22/h2-5,7-8,10-11,18,20H,6,9,12-15H2,1H3/t18-,20+/m0/s1. The van der Waals surface area contributed by atoms with Crippen molar-refractivity contribution in [3.8, 4) is 0 Å². The molecule has 0 spiro atoms. The average molecular weight is 456 g/mol. The summed E-state index contributed by atoms with van der Waals surface area (Å²) in [5.74, 6) is 0.100. The number of thiazole rings is 1. The second-order valence-corrected chi connectivity index (χ2v) is 11.4. The lowest BCUT2D eigenvalue weighted by Crippen LogP contribution is -2.54. The van der Waals surface area contributed by atoms with Crippen LogP contribution < -0.4 is 0 Å². The monoisotopic (exact) mass is 455 g/mol. The number of likely N-dealkylation sites (tertiary alicyclic amines) is 1. The SMILES string of the molecule is CS(=O)(=O)N1Cc2ccccc2C[C@@H]1C(=O)N1CCC[C@H](c2nc3ccccc3s2)C1. The number of carbonyl (C=O) groups excluding carboxylic acids is 1. The van der Waals surface area contributed by atoms with E-state index < -0.39 is 16.1 Å². The van der Waals surface area contributed by atoms with E-state index in [0.717, 1.165) is 39.2 Å². The van der Waals surface area contributed by atoms with Crippen LogP contribution >= 0.6 is 11.3 Å². The van der Waals surface area contributed by atoms with Gasteiger partial charge in [-0.3, -0.25) is 4.79 Å². The van der Waals surface area contributed by atoms with Crippen molar-refractivity contribution in [1.82, 2.24) is 14.2 Å². The van der Waals surface area contributed by atoms with E-state index in [1.54, 1.807) is 11.3 Å². The number of amides is 1. The van der Waals surface area contributed by atoms with E-state index in [-0.39, 0.29) is 18.4 Å². The second-order valence-electron chi connectivity index (χ2n) is 8.44. The summed E-state index contributed by atoms with van der Waals surface area (Å²) in [5, 5.41) is 1.06. The molecule has 0 aliphatic carbocycles. The third kappa shape index (κ3) is 4.00. The molecule has 1 fully saturated rings. The molecule has 3 aromatic rings. The normalized spacial score (nSPS) is 22.4. The van der Waals surface area contributed by atoms with Crippen molar-refractivity contribution in [3.63, 3.8) is 0 Å². The van der Waals surface area contributed by atoms with Gasteiger partial charge in [0.05, 0.1) is 21.5 Å². The van der Waals surface area contributed by atoms with Crippen LogP contribution in [0, 0.1) is 0 Å². The molecule has 2 aromatic carbocycles. The van der Waals surface area contributed by atoms with Crippen LogP contribution in [-0.2, 0) is 27.8 Å². The third-order valence-corrected chi connectivity index (χ3v) is 8.74. The van der Waals surface area contributed by atoms with Gasteiger partial charge in [0.25, 0.3) is 0 Å². The Balaban J connectivity index is 1.40. The number of benzene rings is 2. The summed E-state index contributed by atoms with van der Waals surface area (Å²) < 4.78 is 27.6. The zero-order chi connectivity index (χ0) is 21.6. The summed E-state index contributed by atoms with van der Waals surface area (Å²) in [6.45, 7) is 1.50. The highest BCUT2D eigenvalue weighted by molar-refractivity contribution is 7.88. The van der Waals surface area contributed by atoms with Gasteiger partial charge in [-0.15, -0.1) is 11.3 Å². The number of piperidine rings is 1. The number of nitrogens with zero attached hydrogens (tertiary/aromatic N) is 3. The molecule has 6 nitrogen and oxygen atoms in total. The highest BCUT2D eigenvalue weighted by Crippen LogP contribution is 2.34. The Hall–Kier alpha value is -2.29. The Kier molecular flexibility index (Phi) is 5.32. The van der Waals surface area contributed by atoms with Crippen LogP contribution in [0.25, 0.3) is 10.2 Å². The van der Waals surface area contributed by atoms with E-state index in [0.29, 0.717) is 19.5 Å². The van der Waals surface area contributed by atoms with Crippen molar-refractivity contribution in [2.45, 2.75) is 37.8 Å². The number of sulfonamides is 1. The molecule has 2 aliphatic rings. The van der Waals surface area contributed by atoms with E-state index in [1.165, 1.54) is 10.6 Å². The first-order valence-electron chi connectivity index (χ1n) is 10.6. The summed E-state index contributed by atoms with van der Waals surface area (Å²) in [6, 6.07) is 15.2. The molecule has 5 rings (SSSR count). The van der Waals surface area contributed by atoms with Crippen molar-refractivity contribution in [2.75, 3.05) is 19.3 Å². The van der Waals surface area contributed by atoms with Gasteiger partial charge in [0, 0.05) is 25.6 Å². The molecule has 0 unspecified atom stereocenters. The first-order chi connectivity index (χ1) is 14.9. The molecule has 2 atom stereocenters. The highest BCUT2D eigenvalue weighted by Gasteiger charge is 2.40. The zero-order valence-corrected chi connectivity index (χ0v) is 19.0. The molecule has 162 valence electrons. The largest absolute Gasteiger partial charge is 0.341 e. The Labute approximate surface area is 186 Å². The van der Waals surface area contributed by atoms with E-state index in [4.69, 9.17) is 4.98 Å². The van der Waals surface area contributed by atoms with Gasteiger partial charge in [-0.1, -0.05) is 36.4 Å². The highest BCUT2D eigenvalue weighted by atomic mass is 32.2. The Morgan fingerprint density at radius 1 is 1.10 bits per heavy atom. The number of rotatable bonds is 3. The van der Waals surface area contributed by atoms with Crippen molar-refractivity contribution in [3.05, 3.63) is 64.7 Å². The predicted octanol–water partition coefficient (Wildman–Crippen LogP) is 3.39. The third-order valence-electron chi connectivity index (χ3n) is 6.31. The molecule has 3 heterocycles. The van der Waals surface area contributed by atoms with Crippen LogP contribution in [-0.4, -0.2) is 53.9 Å². The van der Waals surface area contributed by atoms with Crippen molar-refractivity contribution < 1.29 is 13.2 Å². The molecular weight excluding hydrogens is 430 g/mol. The lowest BCUT2D eigenvalue weighted by molar-refractivity contribution is -0.137. The molecule has 0 bridgehead atoms. The van der Waals surface area contributed by atoms with Gasteiger partial charge in [-0.05, 0) is 42.5 Å². The predicted molar refractivity (Wildman–Crippen MR) is 122 cm³/mol. The van der Waals surface area contributed by atoms with Crippen LogP contribution in [0.15, 0.2) is 48.5 Å². The fourth-order valence-corrected chi connectivity index (χ4v) is 6.81. The fraction of sp³-hybridized carbons (Fsp3) is 0.391. The smallest absolute Gasteiger partial charge is 0.241 e. The maximum atomic E-state index is 13.6. The van der Waals surface area contributed by atoms with Crippen LogP contribution in [0.4, 0.5) is 0 Å². The minimum atomic E-state index is -3.51. The van der Waals surface area contributed by atoms with Crippen molar-refractivity contribution in [1.29, 1.82) is 0 Å². The second kappa shape index (κ2) is 8.00. The molecule has 1 amide bonds. The number of para-hydroxylation sites is 1. The summed E-state index contributed by atoms with van der Waals surface area (Å²) in [7, 11) is -3.51. The maximum absolute atomic E-state index is 13.6. The molecule has 0 N–H and O–H groups in total. The number of hydrogen-bond donors (Lipinski definition) is 0. The van der Waals surface area contributed by atoms with Gasteiger partial charge in [-0.25, -0.2) is 13.4 Å². The number of hydrogen-bond acceptors (Lipinski definition) is 5. The lowest BCUT2D eigenvalue weighted by atomic mass is 9.93. The molecule has 8 heteroatoms. The van der Waals surface area contributed by atoms with Crippen LogP contribution in [0.5, 0.6) is 0 Å². The first-order valence-corrected chi connectivity index (χ1v) is 13.2. The molecule has 0 radical (unpaired) electrons. The molecule has 0 saturated carbocycles. The van der Waals surface area contributed by atoms with Gasteiger partial charge in [0.1, 0.15) is 6.04 Å². The minimum Gasteiger partial charge on any atom is -0.341 e. The van der Waals surface area contributed by atoms with E-state index >= 15 is 0 Å². The summed E-state index contributed by atoms with van der Waals surface area (Å²) >= 11 is 1.69. The Morgan fingerprint density at radius 3 is 2.61 bits per heavy atom. The lowest BCUT2D eigenvalue weighted by Gasteiger charge is -2.39. The number of fused-ring (bicyclic) bond motifs is 2. The number of carbonyl (C=O) groups is 1. The van der Waals surface area contributed by atoms with Crippen molar-refractivity contribution >= 4 is 37.5 Å². The quantitative estimate of drug-likeness (QED) is 0.607. The maximum Gasteiger partial charge on any atom is 0.241 e. The first kappa shape index (κ1) is 20.6. The minimum absolute atomic E-state index is 0.0919. The topological polar surface area (TPSA) is 70.6 Å². The van der Waals surface area contributed by atoms with Crippen molar-refractivity contribution in [2.24, 2.45) is 0 Å². The van der Waals surface area contributed by atoms with Gasteiger partial charge in [-0.2, -0.15) is 4.31 Å². The van der Waals surface area contributed by atoms with Gasteiger partial charge >= 0.3 is 0 Å². The zero-order valence-electron chi connectivity index (χ0n) is 17.4. The number of aromatic nitrogens is 1. The molecule has 1 aromatic heterocycles. The van der Waals surface area contributed by atoms with E-state index in [1.807, 2.05) is 47.4 Å². The molecular formula is C23H25N3O3S2. The Bertz CT molecular complexity index is 1200. The molecule has 31 heavy (non-hydrogen) atoms. The summed E-state index contributed by atoms with van der Waals surface area (Å²) in [6.07, 6.45) is 3.51. The summed E-state index contributed by atoms with van der Waals surface area (Å²) in [5.41, 5.74) is 3.03. The van der Waals surface area contributed by atoms with Crippen LogP contribution in [0.3, 0.4) is 0 Å². The van der Waals surface area contributed by atoms with Gasteiger partial charge < -0.3 is 4.90 Å². The Morgan fingerprint density at radius 2 is 1.84 bits per heavy atom. The molecule has 2 aliphatic heterocycles.